The summed E-state index contributed by atoms with van der Waals surface area (Å²) in [5.74, 6) is 1.26. The van der Waals surface area contributed by atoms with Crippen LogP contribution in [0.1, 0.15) is 33.6 Å². The molecule has 1 fully saturated rings. The summed E-state index contributed by atoms with van der Waals surface area (Å²) in [6, 6.07) is 5.38. The fourth-order valence-corrected chi connectivity index (χ4v) is 2.85. The van der Waals surface area contributed by atoms with Crippen molar-refractivity contribution >= 4 is 17.6 Å². The molecule has 0 bridgehead atoms. The largest absolute Gasteiger partial charge is 0.490 e. The average molecular weight is 349 g/mol. The third-order valence-electron chi connectivity index (χ3n) is 3.98. The van der Waals surface area contributed by atoms with Crippen LogP contribution in [0.3, 0.4) is 0 Å². The number of amides is 3. The van der Waals surface area contributed by atoms with Gasteiger partial charge < -0.3 is 25.0 Å². The number of benzene rings is 1. The van der Waals surface area contributed by atoms with Crippen LogP contribution >= 0.6 is 0 Å². The number of urea groups is 1. The molecule has 7 heteroatoms. The van der Waals surface area contributed by atoms with Crippen molar-refractivity contribution in [1.82, 2.24) is 10.2 Å². The van der Waals surface area contributed by atoms with Gasteiger partial charge in [0.1, 0.15) is 0 Å². The molecule has 0 aromatic heterocycles. The molecule has 2 rings (SSSR count). The predicted molar refractivity (Wildman–Crippen MR) is 96.2 cm³/mol. The zero-order chi connectivity index (χ0) is 18.2. The molecule has 0 radical (unpaired) electrons. The Labute approximate surface area is 148 Å². The molecule has 0 unspecified atom stereocenters. The third-order valence-corrected chi connectivity index (χ3v) is 3.98. The van der Waals surface area contributed by atoms with Gasteiger partial charge in [0.15, 0.2) is 11.5 Å². The van der Waals surface area contributed by atoms with Crippen LogP contribution in [0.5, 0.6) is 11.5 Å². The molecule has 1 aliphatic heterocycles. The fraction of sp³-hybridized carbons (Fsp3) is 0.556. The summed E-state index contributed by atoms with van der Waals surface area (Å²) in [7, 11) is 0. The Morgan fingerprint density at radius 3 is 2.36 bits per heavy atom. The SMILES string of the molecule is CCOc1ccc(NC(=O)N2CCC(NC(C)=O)CC2)cc1OCC. The van der Waals surface area contributed by atoms with Gasteiger partial charge in [0.25, 0.3) is 0 Å². The van der Waals surface area contributed by atoms with Crippen LogP contribution in [-0.4, -0.2) is 49.2 Å². The number of nitrogens with zero attached hydrogens (tertiary/aromatic N) is 1. The van der Waals surface area contributed by atoms with E-state index in [1.807, 2.05) is 13.8 Å². The minimum absolute atomic E-state index is 0.0271. The standard InChI is InChI=1S/C18H27N3O4/c1-4-24-16-7-6-15(12-17(16)25-5-2)20-18(23)21-10-8-14(9-11-21)19-13(3)22/h6-7,12,14H,4-5,8-11H2,1-3H3,(H,19,22)(H,20,23). The lowest BCUT2D eigenvalue weighted by molar-refractivity contribution is -0.119. The summed E-state index contributed by atoms with van der Waals surface area (Å²) in [5.41, 5.74) is 0.667. The van der Waals surface area contributed by atoms with Crippen molar-refractivity contribution in [3.8, 4) is 11.5 Å². The van der Waals surface area contributed by atoms with Crippen molar-refractivity contribution in [2.24, 2.45) is 0 Å². The lowest BCUT2D eigenvalue weighted by atomic mass is 10.1. The Balaban J connectivity index is 1.94. The minimum Gasteiger partial charge on any atom is -0.490 e. The molecule has 1 saturated heterocycles. The van der Waals surface area contributed by atoms with Gasteiger partial charge in [0, 0.05) is 37.8 Å². The Morgan fingerprint density at radius 1 is 1.12 bits per heavy atom. The molecule has 0 aliphatic carbocycles. The molecule has 25 heavy (non-hydrogen) atoms. The predicted octanol–water partition coefficient (Wildman–Crippen LogP) is 2.62. The second kappa shape index (κ2) is 9.15. The van der Waals surface area contributed by atoms with E-state index in [4.69, 9.17) is 9.47 Å². The van der Waals surface area contributed by atoms with E-state index >= 15 is 0 Å². The molecule has 0 atom stereocenters. The quantitative estimate of drug-likeness (QED) is 0.827. The van der Waals surface area contributed by atoms with E-state index in [-0.39, 0.29) is 18.0 Å². The van der Waals surface area contributed by atoms with Gasteiger partial charge in [-0.15, -0.1) is 0 Å². The van der Waals surface area contributed by atoms with Crippen LogP contribution in [-0.2, 0) is 4.79 Å². The highest BCUT2D eigenvalue weighted by Crippen LogP contribution is 2.30. The van der Waals surface area contributed by atoms with Gasteiger partial charge in [-0.05, 0) is 38.8 Å². The Bertz CT molecular complexity index is 598. The van der Waals surface area contributed by atoms with Crippen LogP contribution < -0.4 is 20.1 Å². The van der Waals surface area contributed by atoms with Crippen molar-refractivity contribution < 1.29 is 19.1 Å². The zero-order valence-corrected chi connectivity index (χ0v) is 15.1. The van der Waals surface area contributed by atoms with E-state index in [9.17, 15) is 9.59 Å². The Kier molecular flexibility index (Phi) is 6.91. The molecule has 1 aliphatic rings. The summed E-state index contributed by atoms with van der Waals surface area (Å²) in [5, 5.41) is 5.80. The normalized spacial score (nSPS) is 14.8. The molecule has 0 spiro atoms. The first-order valence-electron chi connectivity index (χ1n) is 8.76. The Morgan fingerprint density at radius 2 is 1.76 bits per heavy atom. The van der Waals surface area contributed by atoms with Crippen molar-refractivity contribution in [3.63, 3.8) is 0 Å². The fourth-order valence-electron chi connectivity index (χ4n) is 2.85. The van der Waals surface area contributed by atoms with Crippen LogP contribution in [0.2, 0.25) is 0 Å². The molecule has 3 amide bonds. The monoisotopic (exact) mass is 349 g/mol. The van der Waals surface area contributed by atoms with Crippen molar-refractivity contribution in [3.05, 3.63) is 18.2 Å². The van der Waals surface area contributed by atoms with E-state index < -0.39 is 0 Å². The molecule has 7 nitrogen and oxygen atoms in total. The van der Waals surface area contributed by atoms with E-state index in [0.717, 1.165) is 12.8 Å². The lowest BCUT2D eigenvalue weighted by Crippen LogP contribution is -2.47. The van der Waals surface area contributed by atoms with Gasteiger partial charge in [0.2, 0.25) is 5.91 Å². The third kappa shape index (κ3) is 5.55. The Hall–Kier alpha value is -2.44. The first-order valence-corrected chi connectivity index (χ1v) is 8.76. The van der Waals surface area contributed by atoms with Gasteiger partial charge >= 0.3 is 6.03 Å². The van der Waals surface area contributed by atoms with Gasteiger partial charge in [-0.3, -0.25) is 4.79 Å². The van der Waals surface area contributed by atoms with Gasteiger partial charge in [-0.25, -0.2) is 4.79 Å². The molecular formula is C18H27N3O4. The number of hydrogen-bond donors (Lipinski definition) is 2. The molecule has 1 heterocycles. The molecular weight excluding hydrogens is 322 g/mol. The highest BCUT2D eigenvalue weighted by molar-refractivity contribution is 5.89. The van der Waals surface area contributed by atoms with Crippen molar-refractivity contribution in [2.45, 2.75) is 39.7 Å². The van der Waals surface area contributed by atoms with E-state index in [1.165, 1.54) is 6.92 Å². The smallest absolute Gasteiger partial charge is 0.321 e. The van der Waals surface area contributed by atoms with E-state index in [0.29, 0.717) is 43.5 Å². The second-order valence-electron chi connectivity index (χ2n) is 5.92. The number of likely N-dealkylation sites (tertiary alicyclic amines) is 1. The summed E-state index contributed by atoms with van der Waals surface area (Å²) < 4.78 is 11.1. The second-order valence-corrected chi connectivity index (χ2v) is 5.92. The van der Waals surface area contributed by atoms with Gasteiger partial charge in [-0.1, -0.05) is 0 Å². The summed E-state index contributed by atoms with van der Waals surface area (Å²) in [6.45, 7) is 7.64. The highest BCUT2D eigenvalue weighted by atomic mass is 16.5. The molecule has 1 aromatic carbocycles. The van der Waals surface area contributed by atoms with E-state index in [2.05, 4.69) is 10.6 Å². The number of carbonyl (C=O) groups excluding carboxylic acids is 2. The first kappa shape index (κ1) is 18.9. The maximum absolute atomic E-state index is 12.4. The number of anilines is 1. The van der Waals surface area contributed by atoms with Crippen LogP contribution in [0.4, 0.5) is 10.5 Å². The topological polar surface area (TPSA) is 79.9 Å². The zero-order valence-electron chi connectivity index (χ0n) is 15.1. The van der Waals surface area contributed by atoms with Crippen LogP contribution in [0.25, 0.3) is 0 Å². The first-order chi connectivity index (χ1) is 12.0. The van der Waals surface area contributed by atoms with Crippen molar-refractivity contribution in [2.75, 3.05) is 31.6 Å². The highest BCUT2D eigenvalue weighted by Gasteiger charge is 2.23. The molecule has 1 aromatic rings. The number of nitrogens with one attached hydrogen (secondary N) is 2. The van der Waals surface area contributed by atoms with Gasteiger partial charge in [-0.2, -0.15) is 0 Å². The number of carbonyl (C=O) groups is 2. The summed E-state index contributed by atoms with van der Waals surface area (Å²) in [6.07, 6.45) is 1.53. The number of piperidine rings is 1. The molecule has 0 saturated carbocycles. The van der Waals surface area contributed by atoms with Crippen LogP contribution in [0, 0.1) is 0 Å². The van der Waals surface area contributed by atoms with Crippen molar-refractivity contribution in [1.29, 1.82) is 0 Å². The minimum atomic E-state index is -0.145. The maximum atomic E-state index is 12.4. The molecule has 2 N–H and O–H groups in total. The summed E-state index contributed by atoms with van der Waals surface area (Å²) >= 11 is 0. The summed E-state index contributed by atoms with van der Waals surface area (Å²) in [4.78, 5) is 25.3. The average Bonchev–Trinajstić information content (AvgIpc) is 2.57. The van der Waals surface area contributed by atoms with Gasteiger partial charge in [0.05, 0.1) is 13.2 Å². The maximum Gasteiger partial charge on any atom is 0.321 e. The number of hydrogen-bond acceptors (Lipinski definition) is 4. The number of ether oxygens (including phenoxy) is 2. The van der Waals surface area contributed by atoms with E-state index in [1.54, 1.807) is 23.1 Å². The molecule has 138 valence electrons. The van der Waals surface area contributed by atoms with Crippen LogP contribution in [0.15, 0.2) is 18.2 Å². The lowest BCUT2D eigenvalue weighted by Gasteiger charge is -2.32. The number of rotatable bonds is 6.